The summed E-state index contributed by atoms with van der Waals surface area (Å²) in [4.78, 5) is 23.3. The number of esters is 1. The van der Waals surface area contributed by atoms with Crippen LogP contribution in [0.5, 0.6) is 0 Å². The second kappa shape index (κ2) is 6.06. The molecule has 1 aromatic heterocycles. The van der Waals surface area contributed by atoms with Gasteiger partial charge in [-0.05, 0) is 30.7 Å². The minimum absolute atomic E-state index is 0.283. The Morgan fingerprint density at radius 1 is 1.20 bits per heavy atom. The molecule has 0 saturated carbocycles. The van der Waals surface area contributed by atoms with Gasteiger partial charge >= 0.3 is 5.97 Å². The number of carbonyl (C=O) groups is 2. The minimum Gasteiger partial charge on any atom is -0.452 e. The van der Waals surface area contributed by atoms with E-state index in [9.17, 15) is 9.59 Å². The molecule has 0 fully saturated rings. The van der Waals surface area contributed by atoms with Crippen molar-refractivity contribution in [2.24, 2.45) is 0 Å². The third-order valence-electron chi connectivity index (χ3n) is 2.93. The fourth-order valence-corrected chi connectivity index (χ4v) is 1.93. The first-order valence-electron chi connectivity index (χ1n) is 6.24. The van der Waals surface area contributed by atoms with Crippen LogP contribution in [-0.4, -0.2) is 30.1 Å². The number of rotatable bonds is 4. The molecule has 2 aromatic rings. The number of hydrogen-bond acceptors (Lipinski definition) is 3. The van der Waals surface area contributed by atoms with E-state index in [0.29, 0.717) is 5.56 Å². The molecule has 5 heteroatoms. The highest BCUT2D eigenvalue weighted by molar-refractivity contribution is 5.95. The third-order valence-corrected chi connectivity index (χ3v) is 2.93. The van der Waals surface area contributed by atoms with Crippen LogP contribution in [0.25, 0.3) is 5.69 Å². The second-order valence-electron chi connectivity index (χ2n) is 4.31. The summed E-state index contributed by atoms with van der Waals surface area (Å²) in [5.41, 5.74) is 2.15. The van der Waals surface area contributed by atoms with Crippen LogP contribution in [0.2, 0.25) is 0 Å². The molecule has 0 radical (unpaired) electrons. The summed E-state index contributed by atoms with van der Waals surface area (Å²) in [7, 11) is 1.49. The molecule has 0 aliphatic rings. The van der Waals surface area contributed by atoms with Crippen molar-refractivity contribution in [3.05, 3.63) is 53.9 Å². The van der Waals surface area contributed by atoms with Gasteiger partial charge in [0.2, 0.25) is 0 Å². The maximum atomic E-state index is 12.1. The van der Waals surface area contributed by atoms with Gasteiger partial charge in [-0.3, -0.25) is 4.79 Å². The number of aryl methyl sites for hydroxylation is 1. The molecule has 0 spiro atoms. The lowest BCUT2D eigenvalue weighted by Crippen LogP contribution is -2.25. The van der Waals surface area contributed by atoms with Gasteiger partial charge in [0.15, 0.2) is 6.61 Å². The largest absolute Gasteiger partial charge is 0.452 e. The first-order chi connectivity index (χ1) is 9.63. The van der Waals surface area contributed by atoms with E-state index in [4.69, 9.17) is 4.74 Å². The van der Waals surface area contributed by atoms with Crippen LogP contribution in [0.15, 0.2) is 42.7 Å². The Morgan fingerprint density at radius 2 is 1.90 bits per heavy atom. The summed E-state index contributed by atoms with van der Waals surface area (Å²) in [6, 6.07) is 9.16. The predicted octanol–water partition coefficient (Wildman–Crippen LogP) is 1.69. The molecule has 0 unspecified atom stereocenters. The van der Waals surface area contributed by atoms with Gasteiger partial charge in [-0.1, -0.05) is 12.1 Å². The van der Waals surface area contributed by atoms with Crippen molar-refractivity contribution in [1.29, 1.82) is 0 Å². The van der Waals surface area contributed by atoms with E-state index >= 15 is 0 Å². The van der Waals surface area contributed by atoms with Gasteiger partial charge in [-0.2, -0.15) is 0 Å². The second-order valence-corrected chi connectivity index (χ2v) is 4.31. The number of nitrogens with zero attached hydrogens (tertiary/aromatic N) is 1. The Morgan fingerprint density at radius 3 is 2.55 bits per heavy atom. The van der Waals surface area contributed by atoms with E-state index in [1.54, 1.807) is 12.1 Å². The SMILES string of the molecule is CNC(=O)COC(=O)c1cccc(C)c1-n1cccc1. The molecular formula is C15H16N2O3. The topological polar surface area (TPSA) is 60.3 Å². The highest BCUT2D eigenvalue weighted by Gasteiger charge is 2.16. The van der Waals surface area contributed by atoms with Crippen molar-refractivity contribution < 1.29 is 14.3 Å². The van der Waals surface area contributed by atoms with Crippen LogP contribution in [0.4, 0.5) is 0 Å². The molecule has 5 nitrogen and oxygen atoms in total. The lowest BCUT2D eigenvalue weighted by Gasteiger charge is -2.13. The first kappa shape index (κ1) is 13.9. The molecule has 1 amide bonds. The zero-order chi connectivity index (χ0) is 14.5. The van der Waals surface area contributed by atoms with Gasteiger partial charge in [-0.25, -0.2) is 4.79 Å². The zero-order valence-electron chi connectivity index (χ0n) is 11.4. The summed E-state index contributed by atoms with van der Waals surface area (Å²) >= 11 is 0. The number of amides is 1. The van der Waals surface area contributed by atoms with Crippen LogP contribution in [0.3, 0.4) is 0 Å². The van der Waals surface area contributed by atoms with Crippen molar-refractivity contribution in [3.8, 4) is 5.69 Å². The highest BCUT2D eigenvalue weighted by Crippen LogP contribution is 2.20. The monoisotopic (exact) mass is 272 g/mol. The average molecular weight is 272 g/mol. The molecule has 1 N–H and O–H groups in total. The molecule has 0 bridgehead atoms. The number of carbonyl (C=O) groups excluding carboxylic acids is 2. The van der Waals surface area contributed by atoms with E-state index < -0.39 is 5.97 Å². The van der Waals surface area contributed by atoms with Gasteiger partial charge in [-0.15, -0.1) is 0 Å². The van der Waals surface area contributed by atoms with Crippen LogP contribution in [-0.2, 0) is 9.53 Å². The van der Waals surface area contributed by atoms with Crippen molar-refractivity contribution in [2.45, 2.75) is 6.92 Å². The smallest absolute Gasteiger partial charge is 0.340 e. The van der Waals surface area contributed by atoms with E-state index in [1.807, 2.05) is 42.1 Å². The normalized spacial score (nSPS) is 10.1. The van der Waals surface area contributed by atoms with Gasteiger partial charge in [0.05, 0.1) is 11.3 Å². The molecular weight excluding hydrogens is 256 g/mol. The van der Waals surface area contributed by atoms with E-state index in [0.717, 1.165) is 11.3 Å². The summed E-state index contributed by atoms with van der Waals surface area (Å²) in [5, 5.41) is 2.40. The van der Waals surface area contributed by atoms with Crippen LogP contribution in [0.1, 0.15) is 15.9 Å². The number of aromatic nitrogens is 1. The summed E-state index contributed by atoms with van der Waals surface area (Å²) < 4.78 is 6.86. The van der Waals surface area contributed by atoms with Crippen molar-refractivity contribution in [3.63, 3.8) is 0 Å². The van der Waals surface area contributed by atoms with Crippen molar-refractivity contribution in [1.82, 2.24) is 9.88 Å². The van der Waals surface area contributed by atoms with E-state index in [1.165, 1.54) is 7.05 Å². The Labute approximate surface area is 117 Å². The van der Waals surface area contributed by atoms with E-state index in [2.05, 4.69) is 5.32 Å². The van der Waals surface area contributed by atoms with Gasteiger partial charge in [0.25, 0.3) is 5.91 Å². The summed E-state index contributed by atoms with van der Waals surface area (Å²) in [6.45, 7) is 1.64. The van der Waals surface area contributed by atoms with Gasteiger partial charge in [0, 0.05) is 19.4 Å². The highest BCUT2D eigenvalue weighted by atomic mass is 16.5. The number of ether oxygens (including phenoxy) is 1. The fraction of sp³-hybridized carbons (Fsp3) is 0.200. The molecule has 0 aliphatic carbocycles. The Kier molecular flexibility index (Phi) is 4.20. The molecule has 0 saturated heterocycles. The van der Waals surface area contributed by atoms with Crippen molar-refractivity contribution >= 4 is 11.9 Å². The molecule has 20 heavy (non-hydrogen) atoms. The van der Waals surface area contributed by atoms with Gasteiger partial charge < -0.3 is 14.6 Å². The number of likely N-dealkylation sites (N-methyl/N-ethyl adjacent to an activating group) is 1. The summed E-state index contributed by atoms with van der Waals surface area (Å²) in [5.74, 6) is -0.852. The minimum atomic E-state index is -0.513. The van der Waals surface area contributed by atoms with Crippen LogP contribution in [0, 0.1) is 6.92 Å². The van der Waals surface area contributed by atoms with Crippen molar-refractivity contribution in [2.75, 3.05) is 13.7 Å². The molecule has 2 rings (SSSR count). The average Bonchev–Trinajstić information content (AvgIpc) is 2.97. The van der Waals surface area contributed by atoms with Crippen LogP contribution < -0.4 is 5.32 Å². The Bertz CT molecular complexity index is 618. The standard InChI is InChI=1S/C15H16N2O3/c1-11-6-5-7-12(14(11)17-8-3-4-9-17)15(19)20-10-13(18)16-2/h3-9H,10H2,1-2H3,(H,16,18). The molecule has 0 aliphatic heterocycles. The van der Waals surface area contributed by atoms with E-state index in [-0.39, 0.29) is 12.5 Å². The maximum absolute atomic E-state index is 12.1. The number of nitrogens with one attached hydrogen (secondary N) is 1. The van der Waals surface area contributed by atoms with Gasteiger partial charge in [0.1, 0.15) is 0 Å². The van der Waals surface area contributed by atoms with Crippen LogP contribution >= 0.6 is 0 Å². The number of hydrogen-bond donors (Lipinski definition) is 1. The lowest BCUT2D eigenvalue weighted by atomic mass is 10.1. The maximum Gasteiger partial charge on any atom is 0.340 e. The predicted molar refractivity (Wildman–Crippen MR) is 74.9 cm³/mol. The third kappa shape index (κ3) is 2.88. The number of para-hydroxylation sites is 1. The zero-order valence-corrected chi connectivity index (χ0v) is 11.4. The molecule has 1 aromatic carbocycles. The number of benzene rings is 1. The fourth-order valence-electron chi connectivity index (χ4n) is 1.93. The Hall–Kier alpha value is -2.56. The first-order valence-corrected chi connectivity index (χ1v) is 6.24. The molecule has 0 atom stereocenters. The molecule has 1 heterocycles. The summed E-state index contributed by atoms with van der Waals surface area (Å²) in [6.07, 6.45) is 3.72. The molecule has 104 valence electrons. The Balaban J connectivity index is 2.30. The quantitative estimate of drug-likeness (QED) is 0.862. The lowest BCUT2D eigenvalue weighted by molar-refractivity contribution is -0.123.